The van der Waals surface area contributed by atoms with Crippen LogP contribution in [0.15, 0.2) is 29.6 Å². The molecule has 1 fully saturated rings. The van der Waals surface area contributed by atoms with Crippen molar-refractivity contribution in [2.24, 2.45) is 5.92 Å². The lowest BCUT2D eigenvalue weighted by Crippen LogP contribution is -2.38. The maximum atomic E-state index is 12.8. The van der Waals surface area contributed by atoms with Gasteiger partial charge in [0.15, 0.2) is 0 Å². The molecule has 3 rings (SSSR count). The first-order valence-corrected chi connectivity index (χ1v) is 8.99. The van der Waals surface area contributed by atoms with Crippen LogP contribution in [0.4, 0.5) is 5.69 Å². The fourth-order valence-corrected chi connectivity index (χ4v) is 3.35. The summed E-state index contributed by atoms with van der Waals surface area (Å²) >= 11 is 1.23. The Kier molecular flexibility index (Phi) is 4.99. The molecule has 1 unspecified atom stereocenters. The first-order chi connectivity index (χ1) is 12.4. The van der Waals surface area contributed by atoms with Gasteiger partial charge in [-0.2, -0.15) is 0 Å². The summed E-state index contributed by atoms with van der Waals surface area (Å²) in [5, 5.41) is 22.1. The van der Waals surface area contributed by atoms with Crippen LogP contribution in [0.5, 0.6) is 0 Å². The molecule has 1 amide bonds. The van der Waals surface area contributed by atoms with Gasteiger partial charge >= 0.3 is 5.97 Å². The molecule has 1 saturated carbocycles. The third-order valence-corrected chi connectivity index (χ3v) is 5.06. The van der Waals surface area contributed by atoms with Crippen molar-refractivity contribution < 1.29 is 19.6 Å². The Morgan fingerprint density at radius 1 is 1.46 bits per heavy atom. The van der Waals surface area contributed by atoms with Crippen LogP contribution in [-0.2, 0) is 4.79 Å². The Balaban J connectivity index is 1.81. The second-order valence-corrected chi connectivity index (χ2v) is 7.13. The summed E-state index contributed by atoms with van der Waals surface area (Å²) in [5.74, 6) is -1.90. The van der Waals surface area contributed by atoms with E-state index in [1.807, 2.05) is 0 Å². The standard InChI is InChI=1S/C17H17N3O5S/c1-10(17(22)23)8-19(12-5-6-12)16(21)14-9-26-15(18-14)11-3-2-4-13(7-11)20(24)25/h2-4,7,9-10,12H,5-6,8H2,1H3,(H,22,23). The predicted octanol–water partition coefficient (Wildman–Crippen LogP) is 3.04. The average molecular weight is 375 g/mol. The van der Waals surface area contributed by atoms with Crippen LogP contribution in [0.3, 0.4) is 0 Å². The molecule has 1 aromatic heterocycles. The summed E-state index contributed by atoms with van der Waals surface area (Å²) in [5.41, 5.74) is 0.765. The van der Waals surface area contributed by atoms with Gasteiger partial charge in [0.1, 0.15) is 10.7 Å². The highest BCUT2D eigenvalue weighted by Gasteiger charge is 2.35. The summed E-state index contributed by atoms with van der Waals surface area (Å²) in [4.78, 5) is 40.2. The van der Waals surface area contributed by atoms with Crippen LogP contribution < -0.4 is 0 Å². The number of carbonyl (C=O) groups is 2. The number of aromatic nitrogens is 1. The van der Waals surface area contributed by atoms with Gasteiger partial charge in [-0.3, -0.25) is 19.7 Å². The fourth-order valence-electron chi connectivity index (χ4n) is 2.56. The maximum Gasteiger partial charge on any atom is 0.308 e. The Morgan fingerprint density at radius 3 is 2.81 bits per heavy atom. The number of carboxylic acids is 1. The summed E-state index contributed by atoms with van der Waals surface area (Å²) in [6.07, 6.45) is 1.72. The number of amides is 1. The van der Waals surface area contributed by atoms with Crippen molar-refractivity contribution in [3.8, 4) is 10.6 Å². The Morgan fingerprint density at radius 2 is 2.19 bits per heavy atom. The van der Waals surface area contributed by atoms with Crippen LogP contribution >= 0.6 is 11.3 Å². The maximum absolute atomic E-state index is 12.8. The van der Waals surface area contributed by atoms with Gasteiger partial charge in [0, 0.05) is 35.7 Å². The van der Waals surface area contributed by atoms with Gasteiger partial charge < -0.3 is 10.0 Å². The molecule has 1 aliphatic rings. The molecule has 136 valence electrons. The van der Waals surface area contributed by atoms with E-state index in [4.69, 9.17) is 5.11 Å². The topological polar surface area (TPSA) is 114 Å². The molecule has 1 N–H and O–H groups in total. The molecule has 0 aliphatic heterocycles. The van der Waals surface area contributed by atoms with E-state index >= 15 is 0 Å². The fraction of sp³-hybridized carbons (Fsp3) is 0.353. The van der Waals surface area contributed by atoms with E-state index in [1.165, 1.54) is 23.5 Å². The molecule has 0 radical (unpaired) electrons. The lowest BCUT2D eigenvalue weighted by atomic mass is 10.1. The van der Waals surface area contributed by atoms with E-state index in [-0.39, 0.29) is 29.9 Å². The van der Waals surface area contributed by atoms with Crippen LogP contribution in [-0.4, -0.2) is 44.4 Å². The minimum absolute atomic E-state index is 0.0412. The van der Waals surface area contributed by atoms with Crippen LogP contribution in [0.2, 0.25) is 0 Å². The summed E-state index contributed by atoms with van der Waals surface area (Å²) in [6, 6.07) is 6.14. The molecular weight excluding hydrogens is 358 g/mol. The van der Waals surface area contributed by atoms with Gasteiger partial charge in [0.25, 0.3) is 11.6 Å². The van der Waals surface area contributed by atoms with Gasteiger partial charge in [-0.15, -0.1) is 11.3 Å². The normalized spacial score (nSPS) is 14.7. The summed E-state index contributed by atoms with van der Waals surface area (Å²) in [7, 11) is 0. The minimum atomic E-state index is -0.945. The number of hydrogen-bond donors (Lipinski definition) is 1. The van der Waals surface area contributed by atoms with Crippen molar-refractivity contribution in [2.45, 2.75) is 25.8 Å². The first kappa shape index (κ1) is 18.0. The molecule has 1 atom stereocenters. The quantitative estimate of drug-likeness (QED) is 0.588. The van der Waals surface area contributed by atoms with Crippen LogP contribution in [0, 0.1) is 16.0 Å². The van der Waals surface area contributed by atoms with E-state index in [0.717, 1.165) is 12.8 Å². The number of non-ortho nitro benzene ring substituents is 1. The van der Waals surface area contributed by atoms with Gasteiger partial charge in [-0.1, -0.05) is 19.1 Å². The van der Waals surface area contributed by atoms with Gasteiger partial charge in [-0.25, -0.2) is 4.98 Å². The number of nitro groups is 1. The Bertz CT molecular complexity index is 862. The van der Waals surface area contributed by atoms with Crippen molar-refractivity contribution in [1.82, 2.24) is 9.88 Å². The SMILES string of the molecule is CC(CN(C(=O)c1csc(-c2cccc([N+](=O)[O-])c2)n1)C1CC1)C(=O)O. The van der Waals surface area contributed by atoms with Crippen molar-refractivity contribution in [1.29, 1.82) is 0 Å². The average Bonchev–Trinajstić information content (AvgIpc) is 3.34. The second-order valence-electron chi connectivity index (χ2n) is 6.27. The first-order valence-electron chi connectivity index (χ1n) is 8.11. The zero-order valence-electron chi connectivity index (χ0n) is 14.0. The third kappa shape index (κ3) is 3.88. The molecule has 8 nitrogen and oxygen atoms in total. The molecule has 2 aromatic rings. The monoisotopic (exact) mass is 375 g/mol. The molecule has 1 aromatic carbocycles. The van der Waals surface area contributed by atoms with Gasteiger partial charge in [-0.05, 0) is 12.8 Å². The summed E-state index contributed by atoms with van der Waals surface area (Å²) in [6.45, 7) is 1.71. The number of benzene rings is 1. The zero-order valence-corrected chi connectivity index (χ0v) is 14.8. The van der Waals surface area contributed by atoms with Gasteiger partial charge in [0.2, 0.25) is 0 Å². The molecule has 0 bridgehead atoms. The zero-order chi connectivity index (χ0) is 18.8. The number of aliphatic carboxylic acids is 1. The van der Waals surface area contributed by atoms with Gasteiger partial charge in [0.05, 0.1) is 10.8 Å². The lowest BCUT2D eigenvalue weighted by Gasteiger charge is -2.23. The Labute approximate surface area is 153 Å². The van der Waals surface area contributed by atoms with Crippen molar-refractivity contribution in [3.63, 3.8) is 0 Å². The lowest BCUT2D eigenvalue weighted by molar-refractivity contribution is -0.384. The molecule has 9 heteroatoms. The van der Waals surface area contributed by atoms with E-state index < -0.39 is 16.8 Å². The number of thiazole rings is 1. The number of nitro benzene ring substituents is 1. The second kappa shape index (κ2) is 7.20. The number of hydrogen-bond acceptors (Lipinski definition) is 6. The molecule has 0 spiro atoms. The van der Waals surface area contributed by atoms with Crippen molar-refractivity contribution in [3.05, 3.63) is 45.5 Å². The number of carboxylic acid groups (broad SMARTS) is 1. The number of carbonyl (C=O) groups excluding carboxylic acids is 1. The highest BCUT2D eigenvalue weighted by atomic mass is 32.1. The molecule has 1 aliphatic carbocycles. The van der Waals surface area contributed by atoms with Crippen molar-refractivity contribution in [2.75, 3.05) is 6.54 Å². The number of nitrogens with zero attached hydrogens (tertiary/aromatic N) is 3. The van der Waals surface area contributed by atoms with Crippen LogP contribution in [0.1, 0.15) is 30.3 Å². The summed E-state index contributed by atoms with van der Waals surface area (Å²) < 4.78 is 0. The third-order valence-electron chi connectivity index (χ3n) is 4.17. The van der Waals surface area contributed by atoms with Crippen LogP contribution in [0.25, 0.3) is 10.6 Å². The van der Waals surface area contributed by atoms with E-state index in [1.54, 1.807) is 29.3 Å². The minimum Gasteiger partial charge on any atom is -0.481 e. The largest absolute Gasteiger partial charge is 0.481 e. The van der Waals surface area contributed by atoms with E-state index in [9.17, 15) is 19.7 Å². The molecule has 26 heavy (non-hydrogen) atoms. The smallest absolute Gasteiger partial charge is 0.308 e. The van der Waals surface area contributed by atoms with E-state index in [0.29, 0.717) is 10.6 Å². The Hall–Kier alpha value is -2.81. The number of rotatable bonds is 7. The molecule has 1 heterocycles. The highest BCUT2D eigenvalue weighted by Crippen LogP contribution is 2.31. The van der Waals surface area contributed by atoms with Crippen molar-refractivity contribution >= 4 is 28.9 Å². The predicted molar refractivity (Wildman–Crippen MR) is 95.1 cm³/mol. The molecule has 0 saturated heterocycles. The molecular formula is C17H17N3O5S. The van der Waals surface area contributed by atoms with E-state index in [2.05, 4.69) is 4.98 Å². The highest BCUT2D eigenvalue weighted by molar-refractivity contribution is 7.13.